The lowest BCUT2D eigenvalue weighted by Crippen LogP contribution is -2.55. The molecule has 1 aliphatic heterocycles. The molecule has 2 aromatic rings. The van der Waals surface area contributed by atoms with Gasteiger partial charge in [-0.2, -0.15) is 0 Å². The molecule has 2 aromatic carbocycles. The number of nitrogens with two attached hydrogens (primary N) is 1. The van der Waals surface area contributed by atoms with Crippen LogP contribution in [0.3, 0.4) is 0 Å². The maximum absolute atomic E-state index is 12.8. The van der Waals surface area contributed by atoms with E-state index in [1.165, 1.54) is 0 Å². The Labute approximate surface area is 179 Å². The minimum Gasteiger partial charge on any atom is -0.497 e. The number of hydrogen-bond donors (Lipinski definition) is 1. The second kappa shape index (κ2) is 8.50. The van der Waals surface area contributed by atoms with E-state index in [4.69, 9.17) is 10.5 Å². The van der Waals surface area contributed by atoms with E-state index < -0.39 is 10.8 Å². The number of primary amides is 1. The van der Waals surface area contributed by atoms with Crippen LogP contribution in [0.2, 0.25) is 0 Å². The number of methoxy groups -OCH3 is 1. The van der Waals surface area contributed by atoms with Crippen LogP contribution in [0.1, 0.15) is 39.2 Å². The molecule has 5 nitrogen and oxygen atoms in total. The molecule has 30 heavy (non-hydrogen) atoms. The van der Waals surface area contributed by atoms with Gasteiger partial charge in [-0.15, -0.1) is 0 Å². The molecule has 0 spiro atoms. The van der Waals surface area contributed by atoms with Crippen molar-refractivity contribution in [3.05, 3.63) is 54.1 Å². The van der Waals surface area contributed by atoms with Gasteiger partial charge in [0.25, 0.3) is 0 Å². The zero-order valence-corrected chi connectivity index (χ0v) is 18.4. The van der Waals surface area contributed by atoms with Gasteiger partial charge in [-0.1, -0.05) is 57.2 Å². The van der Waals surface area contributed by atoms with Gasteiger partial charge in [0.05, 0.1) is 12.5 Å². The number of nitrogens with zero attached hydrogens (tertiary/aromatic N) is 1. The number of rotatable bonds is 5. The standard InChI is InChI=1S/C25H32N2O3/c1-24(2,3)23(29)27-15-5-14-25(17-27,22(26)28)16-18-6-8-19(9-7-18)20-10-12-21(30-4)13-11-20/h6-13H,5,14-17H2,1-4H3,(H2,26,28)/t25-/m0/s1. The van der Waals surface area contributed by atoms with Gasteiger partial charge in [0.1, 0.15) is 5.75 Å². The summed E-state index contributed by atoms with van der Waals surface area (Å²) in [7, 11) is 1.65. The molecule has 1 heterocycles. The summed E-state index contributed by atoms with van der Waals surface area (Å²) in [5.74, 6) is 0.571. The van der Waals surface area contributed by atoms with E-state index in [1.54, 1.807) is 7.11 Å². The number of carbonyl (C=O) groups excluding carboxylic acids is 2. The van der Waals surface area contributed by atoms with Crippen LogP contribution in [-0.2, 0) is 16.0 Å². The number of hydrogen-bond acceptors (Lipinski definition) is 3. The van der Waals surface area contributed by atoms with E-state index in [-0.39, 0.29) is 11.8 Å². The molecule has 1 saturated heterocycles. The van der Waals surface area contributed by atoms with Crippen molar-refractivity contribution in [2.75, 3.05) is 20.2 Å². The van der Waals surface area contributed by atoms with Gasteiger partial charge >= 0.3 is 0 Å². The second-order valence-electron chi connectivity index (χ2n) is 9.33. The predicted molar refractivity (Wildman–Crippen MR) is 119 cm³/mol. The first kappa shape index (κ1) is 21.9. The highest BCUT2D eigenvalue weighted by atomic mass is 16.5. The average molecular weight is 409 g/mol. The predicted octanol–water partition coefficient (Wildman–Crippen LogP) is 4.04. The minimum atomic E-state index is -0.721. The Morgan fingerprint density at radius 3 is 2.10 bits per heavy atom. The highest BCUT2D eigenvalue weighted by molar-refractivity contribution is 5.85. The van der Waals surface area contributed by atoms with Crippen LogP contribution < -0.4 is 10.5 Å². The maximum Gasteiger partial charge on any atom is 0.227 e. The highest BCUT2D eigenvalue weighted by Gasteiger charge is 2.43. The monoisotopic (exact) mass is 408 g/mol. The fourth-order valence-corrected chi connectivity index (χ4v) is 4.20. The summed E-state index contributed by atoms with van der Waals surface area (Å²) in [4.78, 5) is 27.1. The van der Waals surface area contributed by atoms with Crippen molar-refractivity contribution < 1.29 is 14.3 Å². The summed E-state index contributed by atoms with van der Waals surface area (Å²) >= 11 is 0. The Bertz CT molecular complexity index is 897. The van der Waals surface area contributed by atoms with Gasteiger partial charge in [0.2, 0.25) is 11.8 Å². The van der Waals surface area contributed by atoms with Gasteiger partial charge in [-0.3, -0.25) is 9.59 Å². The number of piperidine rings is 1. The number of carbonyl (C=O) groups is 2. The molecular formula is C25H32N2O3. The third kappa shape index (κ3) is 4.66. The molecule has 1 atom stereocenters. The van der Waals surface area contributed by atoms with Crippen LogP contribution in [0.5, 0.6) is 5.75 Å². The van der Waals surface area contributed by atoms with Crippen molar-refractivity contribution in [1.82, 2.24) is 4.90 Å². The molecule has 5 heteroatoms. The van der Waals surface area contributed by atoms with Gasteiger partial charge in [-0.25, -0.2) is 0 Å². The maximum atomic E-state index is 12.8. The first-order chi connectivity index (χ1) is 14.1. The van der Waals surface area contributed by atoms with Gasteiger partial charge in [0, 0.05) is 18.5 Å². The van der Waals surface area contributed by atoms with Crippen molar-refractivity contribution in [1.29, 1.82) is 0 Å². The Kier molecular flexibility index (Phi) is 6.20. The molecule has 1 fully saturated rings. The van der Waals surface area contributed by atoms with Crippen molar-refractivity contribution in [3.8, 4) is 16.9 Å². The lowest BCUT2D eigenvalue weighted by molar-refractivity contribution is -0.146. The Morgan fingerprint density at radius 2 is 1.60 bits per heavy atom. The lowest BCUT2D eigenvalue weighted by atomic mass is 9.74. The molecule has 0 radical (unpaired) electrons. The third-order valence-corrected chi connectivity index (χ3v) is 5.95. The zero-order chi connectivity index (χ0) is 21.9. The van der Waals surface area contributed by atoms with Crippen LogP contribution in [0, 0.1) is 10.8 Å². The summed E-state index contributed by atoms with van der Waals surface area (Å²) in [5.41, 5.74) is 7.94. The Balaban J connectivity index is 1.79. The number of benzene rings is 2. The molecule has 1 aliphatic rings. The molecule has 0 saturated carbocycles. The molecule has 0 unspecified atom stereocenters. The Hall–Kier alpha value is -2.82. The molecule has 2 N–H and O–H groups in total. The second-order valence-corrected chi connectivity index (χ2v) is 9.33. The van der Waals surface area contributed by atoms with Crippen molar-refractivity contribution in [3.63, 3.8) is 0 Å². The van der Waals surface area contributed by atoms with Crippen molar-refractivity contribution in [2.45, 2.75) is 40.0 Å². The van der Waals surface area contributed by atoms with Gasteiger partial charge in [-0.05, 0) is 48.1 Å². The fraction of sp³-hybridized carbons (Fsp3) is 0.440. The molecular weight excluding hydrogens is 376 g/mol. The SMILES string of the molecule is COc1ccc(-c2ccc(C[C@@]3(C(N)=O)CCCN(C(=O)C(C)(C)C)C3)cc2)cc1. The summed E-state index contributed by atoms with van der Waals surface area (Å²) in [5, 5.41) is 0. The van der Waals surface area contributed by atoms with E-state index in [0.717, 1.165) is 28.9 Å². The first-order valence-corrected chi connectivity index (χ1v) is 10.5. The smallest absolute Gasteiger partial charge is 0.227 e. The normalized spacial score (nSPS) is 19.4. The van der Waals surface area contributed by atoms with Crippen LogP contribution >= 0.6 is 0 Å². The number of amides is 2. The molecule has 3 rings (SSSR count). The largest absolute Gasteiger partial charge is 0.497 e. The van der Waals surface area contributed by atoms with E-state index in [1.807, 2.05) is 49.9 Å². The Morgan fingerprint density at radius 1 is 1.03 bits per heavy atom. The number of likely N-dealkylation sites (tertiary alicyclic amines) is 1. The van der Waals surface area contributed by atoms with E-state index in [2.05, 4.69) is 24.3 Å². The summed E-state index contributed by atoms with van der Waals surface area (Å²) < 4.78 is 5.22. The van der Waals surface area contributed by atoms with Crippen LogP contribution in [0.15, 0.2) is 48.5 Å². The number of ether oxygens (including phenoxy) is 1. The van der Waals surface area contributed by atoms with Crippen molar-refractivity contribution >= 4 is 11.8 Å². The average Bonchev–Trinajstić information content (AvgIpc) is 2.73. The van der Waals surface area contributed by atoms with Crippen LogP contribution in [0.25, 0.3) is 11.1 Å². The van der Waals surface area contributed by atoms with E-state index >= 15 is 0 Å². The molecule has 0 aromatic heterocycles. The van der Waals surface area contributed by atoms with Gasteiger partial charge < -0.3 is 15.4 Å². The molecule has 0 aliphatic carbocycles. The van der Waals surface area contributed by atoms with E-state index in [0.29, 0.717) is 25.9 Å². The molecule has 0 bridgehead atoms. The topological polar surface area (TPSA) is 72.6 Å². The molecule has 2 amide bonds. The minimum absolute atomic E-state index is 0.0719. The van der Waals surface area contributed by atoms with Gasteiger partial charge in [0.15, 0.2) is 0 Å². The summed E-state index contributed by atoms with van der Waals surface area (Å²) in [6.07, 6.45) is 2.03. The highest BCUT2D eigenvalue weighted by Crippen LogP contribution is 2.36. The third-order valence-electron chi connectivity index (χ3n) is 5.95. The van der Waals surface area contributed by atoms with Crippen LogP contribution in [-0.4, -0.2) is 36.9 Å². The first-order valence-electron chi connectivity index (χ1n) is 10.5. The zero-order valence-electron chi connectivity index (χ0n) is 18.4. The molecule has 160 valence electrons. The fourth-order valence-electron chi connectivity index (χ4n) is 4.20. The van der Waals surface area contributed by atoms with E-state index in [9.17, 15) is 9.59 Å². The quantitative estimate of drug-likeness (QED) is 0.811. The lowest BCUT2D eigenvalue weighted by Gasteiger charge is -2.42. The van der Waals surface area contributed by atoms with Crippen molar-refractivity contribution in [2.24, 2.45) is 16.6 Å². The summed E-state index contributed by atoms with van der Waals surface area (Å²) in [6.45, 7) is 6.80. The van der Waals surface area contributed by atoms with Crippen LogP contribution in [0.4, 0.5) is 0 Å². The summed E-state index contributed by atoms with van der Waals surface area (Å²) in [6, 6.07) is 16.1.